The topological polar surface area (TPSA) is 77.4 Å². The van der Waals surface area contributed by atoms with Crippen LogP contribution in [0.4, 0.5) is 0 Å². The van der Waals surface area contributed by atoms with E-state index in [4.69, 9.17) is 0 Å². The second-order valence-corrected chi connectivity index (χ2v) is 13.4. The van der Waals surface area contributed by atoms with Gasteiger partial charge < -0.3 is 14.1 Å². The van der Waals surface area contributed by atoms with Crippen molar-refractivity contribution < 1.29 is 22.6 Å². The highest BCUT2D eigenvalue weighted by molar-refractivity contribution is 7.85. The van der Waals surface area contributed by atoms with Crippen LogP contribution in [0.5, 0.6) is 0 Å². The number of nitrogens with zero attached hydrogens (tertiary/aromatic N) is 1. The molecule has 0 spiro atoms. The van der Waals surface area contributed by atoms with Crippen molar-refractivity contribution >= 4 is 10.1 Å². The van der Waals surface area contributed by atoms with Gasteiger partial charge >= 0.3 is 0 Å². The molecule has 0 aromatic heterocycles. The van der Waals surface area contributed by atoms with Crippen molar-refractivity contribution in [2.45, 2.75) is 161 Å². The van der Waals surface area contributed by atoms with E-state index in [-0.39, 0.29) is 0 Å². The number of rotatable bonds is 28. The van der Waals surface area contributed by atoms with Gasteiger partial charge in [-0.15, -0.1) is 0 Å². The normalized spacial score (nSPS) is 13.4. The molecule has 0 heterocycles. The summed E-state index contributed by atoms with van der Waals surface area (Å²) in [6.07, 6.45) is 30.7. The van der Waals surface area contributed by atoms with Crippen LogP contribution in [-0.2, 0) is 10.1 Å². The molecule has 0 bridgehead atoms. The van der Waals surface area contributed by atoms with Gasteiger partial charge in [0, 0.05) is 0 Å². The van der Waals surface area contributed by atoms with E-state index in [0.29, 0.717) is 11.0 Å². The van der Waals surface area contributed by atoms with Gasteiger partial charge in [0.25, 0.3) is 0 Å². The average Bonchev–Trinajstić information content (AvgIpc) is 2.77. The van der Waals surface area contributed by atoms with E-state index in [1.54, 1.807) is 0 Å². The van der Waals surface area contributed by atoms with E-state index in [2.05, 4.69) is 6.92 Å². The fourth-order valence-electron chi connectivity index (χ4n) is 5.28. The summed E-state index contributed by atoms with van der Waals surface area (Å²) in [5.74, 6) is -0.686. The van der Waals surface area contributed by atoms with Gasteiger partial charge in [0.1, 0.15) is 12.6 Å². The Morgan fingerprint density at radius 2 is 0.861 bits per heavy atom. The summed E-state index contributed by atoms with van der Waals surface area (Å²) in [5.41, 5.74) is 0. The maximum absolute atomic E-state index is 10.8. The minimum absolute atomic E-state index is 0.306. The van der Waals surface area contributed by atoms with Crippen LogP contribution in [0, 0.1) is 0 Å². The molecule has 0 aliphatic rings. The number of aliphatic hydroxyl groups excluding tert-OH is 1. The van der Waals surface area contributed by atoms with E-state index in [9.17, 15) is 18.1 Å². The van der Waals surface area contributed by atoms with Crippen LogP contribution in [0.2, 0.25) is 0 Å². The Hall–Kier alpha value is -0.170. The zero-order valence-electron chi connectivity index (χ0n) is 24.5. The van der Waals surface area contributed by atoms with Crippen molar-refractivity contribution in [3.05, 3.63) is 0 Å². The zero-order valence-corrected chi connectivity index (χ0v) is 25.3. The molecule has 218 valence electrons. The SMILES string of the molecule is CCCCCCCCCCCCCCCCCCCCCCCCC[N+](C)(C)CC(O)CS(=O)(=O)[O-]. The van der Waals surface area contributed by atoms with E-state index < -0.39 is 22.0 Å². The minimum Gasteiger partial charge on any atom is -0.748 e. The summed E-state index contributed by atoms with van der Waals surface area (Å²) < 4.78 is 32.9. The number of likely N-dealkylation sites (N-methyl/N-ethyl adjacent to an activating group) is 1. The molecule has 1 N–H and O–H groups in total. The third kappa shape index (κ3) is 28.4. The predicted molar refractivity (Wildman–Crippen MR) is 154 cm³/mol. The summed E-state index contributed by atoms with van der Waals surface area (Å²) in [4.78, 5) is 0. The Morgan fingerprint density at radius 3 is 1.14 bits per heavy atom. The highest BCUT2D eigenvalue weighted by Crippen LogP contribution is 2.16. The molecular weight excluding hydrogens is 470 g/mol. The first kappa shape index (κ1) is 35.8. The summed E-state index contributed by atoms with van der Waals surface area (Å²) in [6.45, 7) is 3.49. The molecule has 0 aliphatic heterocycles. The average molecular weight is 534 g/mol. The highest BCUT2D eigenvalue weighted by atomic mass is 32.2. The maximum atomic E-state index is 10.8. The quantitative estimate of drug-likeness (QED) is 0.0628. The third-order valence-electron chi connectivity index (χ3n) is 7.47. The fraction of sp³-hybridized carbons (Fsp3) is 1.00. The molecule has 0 saturated heterocycles. The Labute approximate surface area is 226 Å². The Kier molecular flexibility index (Phi) is 23.8. The molecular formula is C30H63NO4S. The van der Waals surface area contributed by atoms with Crippen molar-refractivity contribution in [2.75, 3.05) is 32.9 Å². The van der Waals surface area contributed by atoms with Gasteiger partial charge in [0.15, 0.2) is 0 Å². The van der Waals surface area contributed by atoms with Crippen molar-refractivity contribution in [3.8, 4) is 0 Å². The fourth-order valence-corrected chi connectivity index (χ4v) is 5.85. The Balaban J connectivity index is 3.29. The van der Waals surface area contributed by atoms with Crippen LogP contribution in [0.1, 0.15) is 155 Å². The molecule has 0 rings (SSSR count). The number of quaternary nitrogens is 1. The second-order valence-electron chi connectivity index (χ2n) is 12.0. The van der Waals surface area contributed by atoms with Gasteiger partial charge in [-0.1, -0.05) is 142 Å². The van der Waals surface area contributed by atoms with Crippen molar-refractivity contribution in [1.29, 1.82) is 0 Å². The minimum atomic E-state index is -4.36. The first-order valence-corrected chi connectivity index (χ1v) is 17.2. The van der Waals surface area contributed by atoms with Crippen molar-refractivity contribution in [3.63, 3.8) is 0 Å². The number of hydrogen-bond donors (Lipinski definition) is 1. The molecule has 36 heavy (non-hydrogen) atoms. The molecule has 0 aliphatic carbocycles. The van der Waals surface area contributed by atoms with Crippen molar-refractivity contribution in [2.24, 2.45) is 0 Å². The first-order valence-electron chi connectivity index (χ1n) is 15.6. The van der Waals surface area contributed by atoms with E-state index in [1.165, 1.54) is 141 Å². The molecule has 6 heteroatoms. The number of hydrogen-bond acceptors (Lipinski definition) is 4. The molecule has 1 unspecified atom stereocenters. The molecule has 5 nitrogen and oxygen atoms in total. The van der Waals surface area contributed by atoms with Crippen LogP contribution < -0.4 is 0 Å². The molecule has 0 amide bonds. The van der Waals surface area contributed by atoms with Gasteiger partial charge in [-0.25, -0.2) is 8.42 Å². The number of aliphatic hydroxyl groups is 1. The summed E-state index contributed by atoms with van der Waals surface area (Å²) in [5, 5.41) is 9.81. The van der Waals surface area contributed by atoms with E-state index in [0.717, 1.165) is 13.0 Å². The number of unbranched alkanes of at least 4 members (excludes halogenated alkanes) is 22. The summed E-state index contributed by atoms with van der Waals surface area (Å²) in [7, 11) is -0.393. The van der Waals surface area contributed by atoms with Crippen molar-refractivity contribution in [1.82, 2.24) is 0 Å². The molecule has 0 saturated carbocycles. The van der Waals surface area contributed by atoms with Gasteiger partial charge in [-0.3, -0.25) is 0 Å². The molecule has 1 atom stereocenters. The van der Waals surface area contributed by atoms with Gasteiger partial charge in [-0.05, 0) is 12.8 Å². The highest BCUT2D eigenvalue weighted by Gasteiger charge is 2.21. The summed E-state index contributed by atoms with van der Waals surface area (Å²) >= 11 is 0. The Morgan fingerprint density at radius 1 is 0.583 bits per heavy atom. The second kappa shape index (κ2) is 23.9. The first-order chi connectivity index (χ1) is 17.2. The lowest BCUT2D eigenvalue weighted by molar-refractivity contribution is -0.893. The molecule has 0 fully saturated rings. The lowest BCUT2D eigenvalue weighted by atomic mass is 10.0. The smallest absolute Gasteiger partial charge is 0.116 e. The lowest BCUT2D eigenvalue weighted by Gasteiger charge is -2.32. The predicted octanol–water partition coefficient (Wildman–Crippen LogP) is 7.96. The monoisotopic (exact) mass is 533 g/mol. The molecule has 0 aromatic rings. The van der Waals surface area contributed by atoms with Gasteiger partial charge in [-0.2, -0.15) is 0 Å². The zero-order chi connectivity index (χ0) is 27.0. The Bertz CT molecular complexity index is 565. The third-order valence-corrected chi connectivity index (χ3v) is 8.26. The van der Waals surface area contributed by atoms with Crippen LogP contribution >= 0.6 is 0 Å². The van der Waals surface area contributed by atoms with Crippen LogP contribution in [0.25, 0.3) is 0 Å². The van der Waals surface area contributed by atoms with E-state index >= 15 is 0 Å². The van der Waals surface area contributed by atoms with Gasteiger partial charge in [0.2, 0.25) is 0 Å². The van der Waals surface area contributed by atoms with Gasteiger partial charge in [0.05, 0.1) is 36.5 Å². The standard InChI is InChI=1S/C30H63NO4S/c1-4-5-6-7-8-9-10-11-12-13-14-15-16-17-18-19-20-21-22-23-24-25-26-27-31(2,3)28-30(32)29-36(33,34)35/h30,32H,4-29H2,1-3H3. The van der Waals surface area contributed by atoms with Crippen LogP contribution in [-0.4, -0.2) is 61.6 Å². The van der Waals surface area contributed by atoms with Crippen LogP contribution in [0.3, 0.4) is 0 Å². The lowest BCUT2D eigenvalue weighted by Crippen LogP contribution is -2.47. The van der Waals surface area contributed by atoms with Crippen LogP contribution in [0.15, 0.2) is 0 Å². The maximum Gasteiger partial charge on any atom is 0.116 e. The largest absolute Gasteiger partial charge is 0.748 e. The molecule has 0 aromatic carbocycles. The summed E-state index contributed by atoms with van der Waals surface area (Å²) in [6, 6.07) is 0. The van der Waals surface area contributed by atoms with E-state index in [1.807, 2.05) is 14.1 Å². The molecule has 0 radical (unpaired) electrons.